The van der Waals surface area contributed by atoms with Gasteiger partial charge in [-0.1, -0.05) is 23.7 Å². The van der Waals surface area contributed by atoms with E-state index in [9.17, 15) is 0 Å². The fourth-order valence-electron chi connectivity index (χ4n) is 2.13. The van der Waals surface area contributed by atoms with E-state index < -0.39 is 0 Å². The predicted molar refractivity (Wildman–Crippen MR) is 79.6 cm³/mol. The highest BCUT2D eigenvalue weighted by Crippen LogP contribution is 2.23. The molecular weight excluding hydrogens is 258 g/mol. The fourth-order valence-corrected chi connectivity index (χ4v) is 2.32. The minimum atomic E-state index is 0.257. The van der Waals surface area contributed by atoms with Gasteiger partial charge in [-0.25, -0.2) is 0 Å². The smallest absolute Gasteiger partial charge is 0.0522 e. The van der Waals surface area contributed by atoms with Crippen LogP contribution in [0.2, 0.25) is 5.02 Å². The summed E-state index contributed by atoms with van der Waals surface area (Å²) < 4.78 is 1.95. The lowest BCUT2D eigenvalue weighted by Crippen LogP contribution is -2.18. The van der Waals surface area contributed by atoms with Gasteiger partial charge in [-0.15, -0.1) is 0 Å². The zero-order chi connectivity index (χ0) is 13.8. The first-order chi connectivity index (χ1) is 9.13. The Morgan fingerprint density at radius 2 is 2.21 bits per heavy atom. The van der Waals surface area contributed by atoms with Gasteiger partial charge in [-0.2, -0.15) is 5.10 Å². The summed E-state index contributed by atoms with van der Waals surface area (Å²) >= 11 is 6.20. The van der Waals surface area contributed by atoms with Crippen LogP contribution in [0, 0.1) is 6.92 Å². The summed E-state index contributed by atoms with van der Waals surface area (Å²) in [7, 11) is 1.97. The molecule has 0 spiro atoms. The fraction of sp³-hybridized carbons (Fsp3) is 0.400. The van der Waals surface area contributed by atoms with Crippen LogP contribution in [0.3, 0.4) is 0 Å². The summed E-state index contributed by atoms with van der Waals surface area (Å²) in [4.78, 5) is 0. The lowest BCUT2D eigenvalue weighted by molar-refractivity contribution is 0.590. The zero-order valence-corrected chi connectivity index (χ0v) is 12.4. The number of halogens is 1. The first-order valence-electron chi connectivity index (χ1n) is 6.58. The summed E-state index contributed by atoms with van der Waals surface area (Å²) in [6.07, 6.45) is 4.94. The van der Waals surface area contributed by atoms with Gasteiger partial charge >= 0.3 is 0 Å². The van der Waals surface area contributed by atoms with Gasteiger partial charge in [0, 0.05) is 23.8 Å². The molecule has 0 aliphatic carbocycles. The molecule has 0 aliphatic heterocycles. The Balaban J connectivity index is 2.17. The van der Waals surface area contributed by atoms with E-state index in [0.29, 0.717) is 0 Å². The number of benzene rings is 1. The van der Waals surface area contributed by atoms with Crippen molar-refractivity contribution in [1.29, 1.82) is 0 Å². The Morgan fingerprint density at radius 3 is 2.79 bits per heavy atom. The van der Waals surface area contributed by atoms with Crippen molar-refractivity contribution in [3.63, 3.8) is 0 Å². The minimum Gasteiger partial charge on any atom is -0.313 e. The molecule has 2 rings (SSSR count). The number of rotatable bonds is 5. The highest BCUT2D eigenvalue weighted by molar-refractivity contribution is 6.31. The van der Waals surface area contributed by atoms with E-state index in [1.807, 2.05) is 30.9 Å². The molecule has 0 saturated heterocycles. The van der Waals surface area contributed by atoms with Crippen LogP contribution in [0.25, 0.3) is 0 Å². The summed E-state index contributed by atoms with van der Waals surface area (Å²) in [5.41, 5.74) is 3.55. The minimum absolute atomic E-state index is 0.257. The zero-order valence-electron chi connectivity index (χ0n) is 11.7. The first kappa shape index (κ1) is 14.1. The highest BCUT2D eigenvalue weighted by Gasteiger charge is 2.12. The van der Waals surface area contributed by atoms with Crippen LogP contribution < -0.4 is 5.32 Å². The molecule has 1 atom stereocenters. The number of likely N-dealkylation sites (N-methyl/N-ethyl adjacent to an activating group) is 1. The summed E-state index contributed by atoms with van der Waals surface area (Å²) in [6.45, 7) is 5.01. The van der Waals surface area contributed by atoms with Crippen LogP contribution >= 0.6 is 11.6 Å². The standard InChI is InChI=1S/C15H20ClN3/c1-4-19-10-12(9-18-19)7-15(17-3)13-6-5-11(2)14(16)8-13/h5-6,8-10,15,17H,4,7H2,1-3H3. The van der Waals surface area contributed by atoms with Crippen molar-refractivity contribution in [3.05, 3.63) is 52.3 Å². The van der Waals surface area contributed by atoms with Crippen LogP contribution in [-0.4, -0.2) is 16.8 Å². The predicted octanol–water partition coefficient (Wildman–Crippen LogP) is 3.37. The quantitative estimate of drug-likeness (QED) is 0.908. The molecule has 0 radical (unpaired) electrons. The molecule has 0 saturated carbocycles. The molecule has 1 unspecified atom stereocenters. The van der Waals surface area contributed by atoms with Gasteiger partial charge in [0.1, 0.15) is 0 Å². The van der Waals surface area contributed by atoms with Crippen LogP contribution in [-0.2, 0) is 13.0 Å². The molecule has 0 amide bonds. The van der Waals surface area contributed by atoms with Crippen molar-refractivity contribution in [2.75, 3.05) is 7.05 Å². The molecule has 1 heterocycles. The van der Waals surface area contributed by atoms with E-state index in [2.05, 4.69) is 35.7 Å². The second-order valence-electron chi connectivity index (χ2n) is 4.76. The number of nitrogens with one attached hydrogen (secondary N) is 1. The lowest BCUT2D eigenvalue weighted by atomic mass is 10.00. The SMILES string of the molecule is CCn1cc(CC(NC)c2ccc(C)c(Cl)c2)cn1. The van der Waals surface area contributed by atoms with Crippen LogP contribution in [0.1, 0.15) is 29.7 Å². The van der Waals surface area contributed by atoms with E-state index in [4.69, 9.17) is 11.6 Å². The third-order valence-electron chi connectivity index (χ3n) is 3.40. The van der Waals surface area contributed by atoms with Gasteiger partial charge in [0.2, 0.25) is 0 Å². The largest absolute Gasteiger partial charge is 0.313 e. The Labute approximate surface area is 119 Å². The van der Waals surface area contributed by atoms with Crippen molar-refractivity contribution in [2.24, 2.45) is 0 Å². The number of hydrogen-bond donors (Lipinski definition) is 1. The Bertz CT molecular complexity index is 548. The van der Waals surface area contributed by atoms with E-state index in [0.717, 1.165) is 23.6 Å². The lowest BCUT2D eigenvalue weighted by Gasteiger charge is -2.16. The van der Waals surface area contributed by atoms with Crippen molar-refractivity contribution in [3.8, 4) is 0 Å². The molecule has 0 aliphatic rings. The molecule has 1 N–H and O–H groups in total. The van der Waals surface area contributed by atoms with Gasteiger partial charge in [-0.3, -0.25) is 4.68 Å². The van der Waals surface area contributed by atoms with Gasteiger partial charge < -0.3 is 5.32 Å². The Hall–Kier alpha value is -1.32. The van der Waals surface area contributed by atoms with Gasteiger partial charge in [0.05, 0.1) is 6.20 Å². The van der Waals surface area contributed by atoms with Crippen LogP contribution in [0.15, 0.2) is 30.6 Å². The molecule has 19 heavy (non-hydrogen) atoms. The maximum absolute atomic E-state index is 6.20. The topological polar surface area (TPSA) is 29.9 Å². The van der Waals surface area contributed by atoms with Crippen molar-refractivity contribution < 1.29 is 0 Å². The number of aryl methyl sites for hydroxylation is 2. The van der Waals surface area contributed by atoms with Gasteiger partial charge in [0.15, 0.2) is 0 Å². The van der Waals surface area contributed by atoms with Crippen LogP contribution in [0.4, 0.5) is 0 Å². The monoisotopic (exact) mass is 277 g/mol. The number of hydrogen-bond acceptors (Lipinski definition) is 2. The van der Waals surface area contributed by atoms with E-state index in [1.54, 1.807) is 0 Å². The average Bonchev–Trinajstić information content (AvgIpc) is 2.87. The van der Waals surface area contributed by atoms with E-state index in [1.165, 1.54) is 11.1 Å². The van der Waals surface area contributed by atoms with E-state index >= 15 is 0 Å². The molecule has 1 aromatic carbocycles. The summed E-state index contributed by atoms with van der Waals surface area (Å²) in [5.74, 6) is 0. The van der Waals surface area contributed by atoms with Gasteiger partial charge in [0.25, 0.3) is 0 Å². The maximum atomic E-state index is 6.20. The molecule has 0 bridgehead atoms. The number of nitrogens with zero attached hydrogens (tertiary/aromatic N) is 2. The Morgan fingerprint density at radius 1 is 1.42 bits per heavy atom. The molecule has 102 valence electrons. The van der Waals surface area contributed by atoms with Crippen LogP contribution in [0.5, 0.6) is 0 Å². The van der Waals surface area contributed by atoms with Crippen molar-refractivity contribution in [1.82, 2.24) is 15.1 Å². The third-order valence-corrected chi connectivity index (χ3v) is 3.80. The first-order valence-corrected chi connectivity index (χ1v) is 6.96. The molecule has 0 fully saturated rings. The Kier molecular flexibility index (Phi) is 4.61. The molecule has 4 heteroatoms. The van der Waals surface area contributed by atoms with E-state index in [-0.39, 0.29) is 6.04 Å². The maximum Gasteiger partial charge on any atom is 0.0522 e. The second-order valence-corrected chi connectivity index (χ2v) is 5.17. The molecule has 2 aromatic rings. The number of aromatic nitrogens is 2. The third kappa shape index (κ3) is 3.37. The average molecular weight is 278 g/mol. The molecule has 1 aromatic heterocycles. The summed E-state index contributed by atoms with van der Waals surface area (Å²) in [5, 5.41) is 8.48. The second kappa shape index (κ2) is 6.22. The van der Waals surface area contributed by atoms with Crippen molar-refractivity contribution >= 4 is 11.6 Å². The molecule has 3 nitrogen and oxygen atoms in total. The molecular formula is C15H20ClN3. The summed E-state index contributed by atoms with van der Waals surface area (Å²) in [6, 6.07) is 6.50. The van der Waals surface area contributed by atoms with Gasteiger partial charge in [-0.05, 0) is 50.1 Å². The van der Waals surface area contributed by atoms with Crippen molar-refractivity contribution in [2.45, 2.75) is 32.9 Å². The highest BCUT2D eigenvalue weighted by atomic mass is 35.5. The normalized spacial score (nSPS) is 12.6.